The molecule has 1 aromatic carbocycles. The van der Waals surface area contributed by atoms with Crippen LogP contribution in [-0.4, -0.2) is 32.6 Å². The first-order chi connectivity index (χ1) is 12.4. The molecule has 2 atom stereocenters. The topological polar surface area (TPSA) is 88.9 Å². The highest BCUT2D eigenvalue weighted by Gasteiger charge is 2.30. The molecule has 2 N–H and O–H groups in total. The number of hydrogen-bond acceptors (Lipinski definition) is 4. The average Bonchev–Trinajstić information content (AvgIpc) is 3.11. The molecule has 7 nitrogen and oxygen atoms in total. The monoisotopic (exact) mass is 357 g/mol. The molecule has 2 aromatic rings. The van der Waals surface area contributed by atoms with E-state index in [4.69, 9.17) is 0 Å². The second kappa shape index (κ2) is 6.19. The van der Waals surface area contributed by atoms with Crippen molar-refractivity contribution in [2.24, 2.45) is 0 Å². The van der Waals surface area contributed by atoms with Gasteiger partial charge in [-0.2, -0.15) is 0 Å². The van der Waals surface area contributed by atoms with Gasteiger partial charge in [0.05, 0.1) is 11.7 Å². The molecular weight excluding hydrogens is 337 g/mol. The molecule has 8 heteroatoms. The summed E-state index contributed by atoms with van der Waals surface area (Å²) in [6.45, 7) is 3.83. The van der Waals surface area contributed by atoms with E-state index in [1.54, 1.807) is 11.6 Å². The van der Waals surface area contributed by atoms with E-state index in [1.165, 1.54) is 6.07 Å². The maximum Gasteiger partial charge on any atom is 0.291 e. The largest absolute Gasteiger partial charge is 0.337 e. The van der Waals surface area contributed by atoms with Crippen LogP contribution in [0.25, 0.3) is 0 Å². The van der Waals surface area contributed by atoms with Gasteiger partial charge < -0.3 is 10.6 Å². The van der Waals surface area contributed by atoms with Crippen molar-refractivity contribution in [1.29, 1.82) is 0 Å². The number of carbonyl (C=O) groups is 2. The van der Waals surface area contributed by atoms with Gasteiger partial charge in [0.2, 0.25) is 11.7 Å². The van der Waals surface area contributed by atoms with Crippen LogP contribution in [0.15, 0.2) is 12.1 Å². The number of carbonyl (C=O) groups excluding carboxylic acids is 2. The van der Waals surface area contributed by atoms with E-state index in [-0.39, 0.29) is 17.6 Å². The highest BCUT2D eigenvalue weighted by atomic mass is 19.1. The average molecular weight is 357 g/mol. The van der Waals surface area contributed by atoms with Crippen LogP contribution in [0.1, 0.15) is 53.4 Å². The van der Waals surface area contributed by atoms with Crippen molar-refractivity contribution in [3.05, 3.63) is 40.7 Å². The van der Waals surface area contributed by atoms with E-state index in [0.717, 1.165) is 29.8 Å². The quantitative estimate of drug-likeness (QED) is 0.859. The van der Waals surface area contributed by atoms with Crippen molar-refractivity contribution < 1.29 is 14.0 Å². The molecule has 136 valence electrons. The predicted octanol–water partition coefficient (Wildman–Crippen LogP) is 1.92. The first kappa shape index (κ1) is 16.7. The second-order valence-electron chi connectivity index (χ2n) is 7.02. The van der Waals surface area contributed by atoms with Gasteiger partial charge in [0.15, 0.2) is 0 Å². The van der Waals surface area contributed by atoms with Gasteiger partial charge >= 0.3 is 0 Å². The zero-order valence-corrected chi connectivity index (χ0v) is 14.7. The molecule has 0 saturated heterocycles. The number of hydrogen-bond donors (Lipinski definition) is 2. The molecule has 2 aliphatic heterocycles. The molecule has 3 heterocycles. The fraction of sp³-hybridized carbons (Fsp3) is 0.444. The van der Waals surface area contributed by atoms with Crippen LogP contribution < -0.4 is 10.6 Å². The summed E-state index contributed by atoms with van der Waals surface area (Å²) in [4.78, 5) is 29.2. The van der Waals surface area contributed by atoms with Crippen LogP contribution >= 0.6 is 0 Å². The number of aromatic nitrogens is 3. The van der Waals surface area contributed by atoms with Crippen LogP contribution in [0, 0.1) is 12.7 Å². The van der Waals surface area contributed by atoms with E-state index >= 15 is 0 Å². The smallest absolute Gasteiger partial charge is 0.291 e. The van der Waals surface area contributed by atoms with Gasteiger partial charge in [-0.15, -0.1) is 5.10 Å². The number of rotatable bonds is 2. The van der Waals surface area contributed by atoms with Crippen molar-refractivity contribution in [3.63, 3.8) is 0 Å². The van der Waals surface area contributed by atoms with Gasteiger partial charge in [0, 0.05) is 6.42 Å². The SMILES string of the molecule is Cc1cc(F)c2c(c1)CC[C@H](NC(=O)c1nc3n(n1)[C@@H](C)CC3)C(=O)N2. The van der Waals surface area contributed by atoms with Crippen molar-refractivity contribution in [2.45, 2.75) is 51.6 Å². The Morgan fingerprint density at radius 2 is 2.15 bits per heavy atom. The molecule has 4 rings (SSSR count). The summed E-state index contributed by atoms with van der Waals surface area (Å²) < 4.78 is 15.9. The van der Waals surface area contributed by atoms with Crippen LogP contribution in [0.3, 0.4) is 0 Å². The fourth-order valence-corrected chi connectivity index (χ4v) is 3.59. The Hall–Kier alpha value is -2.77. The third-order valence-electron chi connectivity index (χ3n) is 5.00. The molecule has 0 bridgehead atoms. The van der Waals surface area contributed by atoms with Gasteiger partial charge in [0.1, 0.15) is 17.7 Å². The molecule has 0 unspecified atom stereocenters. The lowest BCUT2D eigenvalue weighted by atomic mass is 10.0. The fourth-order valence-electron chi connectivity index (χ4n) is 3.59. The number of aryl methyl sites for hydroxylation is 3. The standard InChI is InChI=1S/C18H20FN5O2/c1-9-7-11-4-5-13(17(25)22-15(11)12(19)8-9)20-18(26)16-21-14-6-3-10(2)24(14)23-16/h7-8,10,13H,3-6H2,1-2H3,(H,20,26)(H,22,25)/t10-,13-/m0/s1. The lowest BCUT2D eigenvalue weighted by Gasteiger charge is -2.14. The summed E-state index contributed by atoms with van der Waals surface area (Å²) in [5, 5.41) is 9.53. The Kier molecular flexibility index (Phi) is 3.97. The summed E-state index contributed by atoms with van der Waals surface area (Å²) in [6.07, 6.45) is 2.63. The minimum absolute atomic E-state index is 0.0723. The van der Waals surface area contributed by atoms with Gasteiger partial charge in [-0.3, -0.25) is 9.59 Å². The molecule has 0 radical (unpaired) electrons. The Balaban J connectivity index is 1.51. The Labute approximate surface area is 150 Å². The lowest BCUT2D eigenvalue weighted by molar-refractivity contribution is -0.118. The first-order valence-corrected chi connectivity index (χ1v) is 8.78. The van der Waals surface area contributed by atoms with Crippen LogP contribution in [-0.2, 0) is 17.6 Å². The van der Waals surface area contributed by atoms with Crippen molar-refractivity contribution in [2.75, 3.05) is 5.32 Å². The zero-order valence-electron chi connectivity index (χ0n) is 14.7. The highest BCUT2D eigenvalue weighted by Crippen LogP contribution is 2.27. The summed E-state index contributed by atoms with van der Waals surface area (Å²) in [5.74, 6) is -0.510. The highest BCUT2D eigenvalue weighted by molar-refractivity contribution is 6.00. The minimum Gasteiger partial charge on any atom is -0.337 e. The molecule has 0 saturated carbocycles. The molecule has 0 fully saturated rings. The van der Waals surface area contributed by atoms with Crippen molar-refractivity contribution in [3.8, 4) is 0 Å². The molecule has 26 heavy (non-hydrogen) atoms. The third-order valence-corrected chi connectivity index (χ3v) is 5.00. The van der Waals surface area contributed by atoms with Gasteiger partial charge in [-0.1, -0.05) is 6.07 Å². The van der Waals surface area contributed by atoms with Crippen molar-refractivity contribution in [1.82, 2.24) is 20.1 Å². The van der Waals surface area contributed by atoms with Crippen LogP contribution in [0.5, 0.6) is 0 Å². The Bertz CT molecular complexity index is 907. The molecule has 0 spiro atoms. The number of anilines is 1. The molecule has 2 amide bonds. The molecule has 2 aliphatic rings. The molecule has 1 aromatic heterocycles. The summed E-state index contributed by atoms with van der Waals surface area (Å²) in [7, 11) is 0. The van der Waals surface area contributed by atoms with E-state index in [9.17, 15) is 14.0 Å². The normalized spacial score (nSPS) is 21.6. The third kappa shape index (κ3) is 2.85. The summed E-state index contributed by atoms with van der Waals surface area (Å²) >= 11 is 0. The number of nitrogens with one attached hydrogen (secondary N) is 2. The maximum atomic E-state index is 14.1. The van der Waals surface area contributed by atoms with Gasteiger partial charge in [-0.05, 0) is 50.3 Å². The number of amides is 2. The first-order valence-electron chi connectivity index (χ1n) is 8.78. The lowest BCUT2D eigenvalue weighted by Crippen LogP contribution is -2.43. The predicted molar refractivity (Wildman–Crippen MR) is 92.4 cm³/mol. The van der Waals surface area contributed by atoms with Gasteiger partial charge in [-0.25, -0.2) is 14.1 Å². The van der Waals surface area contributed by atoms with Crippen LogP contribution in [0.2, 0.25) is 0 Å². The number of benzene rings is 1. The molecule has 0 aliphatic carbocycles. The minimum atomic E-state index is -0.759. The maximum absolute atomic E-state index is 14.1. The zero-order chi connectivity index (χ0) is 18.4. The van der Waals surface area contributed by atoms with Gasteiger partial charge in [0.25, 0.3) is 5.91 Å². The van der Waals surface area contributed by atoms with Crippen molar-refractivity contribution >= 4 is 17.5 Å². The van der Waals surface area contributed by atoms with E-state index < -0.39 is 23.7 Å². The summed E-state index contributed by atoms with van der Waals surface area (Å²) in [6, 6.07) is 2.70. The number of nitrogens with zero attached hydrogens (tertiary/aromatic N) is 3. The number of halogens is 1. The van der Waals surface area contributed by atoms with E-state index in [2.05, 4.69) is 20.7 Å². The van der Waals surface area contributed by atoms with E-state index in [1.807, 2.05) is 13.0 Å². The Morgan fingerprint density at radius 1 is 1.35 bits per heavy atom. The number of fused-ring (bicyclic) bond motifs is 2. The van der Waals surface area contributed by atoms with Crippen LogP contribution in [0.4, 0.5) is 10.1 Å². The Morgan fingerprint density at radius 3 is 2.92 bits per heavy atom. The molecular formula is C18H20FN5O2. The summed E-state index contributed by atoms with van der Waals surface area (Å²) in [5.41, 5.74) is 1.73. The second-order valence-corrected chi connectivity index (χ2v) is 7.02. The van der Waals surface area contributed by atoms with E-state index in [0.29, 0.717) is 12.8 Å².